The van der Waals surface area contributed by atoms with Crippen LogP contribution in [0.25, 0.3) is 0 Å². The fraction of sp³-hybridized carbons (Fsp3) is 0.435. The number of carbonyl (C=O) groups is 1. The number of amides is 2. The molecular weight excluding hydrogens is 350 g/mol. The summed E-state index contributed by atoms with van der Waals surface area (Å²) in [6, 6.07) is 18.4. The molecule has 2 aromatic rings. The summed E-state index contributed by atoms with van der Waals surface area (Å²) in [7, 11) is 0. The molecule has 0 aliphatic carbocycles. The third kappa shape index (κ3) is 6.57. The molecule has 1 aliphatic heterocycles. The van der Waals surface area contributed by atoms with E-state index in [0.717, 1.165) is 37.4 Å². The summed E-state index contributed by atoms with van der Waals surface area (Å²) in [4.78, 5) is 14.7. The van der Waals surface area contributed by atoms with Crippen LogP contribution in [0.4, 0.5) is 4.79 Å². The van der Waals surface area contributed by atoms with Gasteiger partial charge in [-0.3, -0.25) is 4.90 Å². The largest absolute Gasteiger partial charge is 0.493 e. The molecule has 150 valence electrons. The molecule has 2 aromatic carbocycles. The van der Waals surface area contributed by atoms with E-state index in [1.807, 2.05) is 30.3 Å². The van der Waals surface area contributed by atoms with Crippen molar-refractivity contribution in [2.45, 2.75) is 39.4 Å². The molecule has 0 saturated carbocycles. The van der Waals surface area contributed by atoms with Crippen molar-refractivity contribution in [2.75, 3.05) is 19.7 Å². The average molecular weight is 382 g/mol. The quantitative estimate of drug-likeness (QED) is 0.731. The minimum absolute atomic E-state index is 0.111. The highest BCUT2D eigenvalue weighted by Gasteiger charge is 2.23. The van der Waals surface area contributed by atoms with Gasteiger partial charge in [0.15, 0.2) is 0 Å². The Morgan fingerprint density at radius 3 is 2.71 bits per heavy atom. The third-order valence-corrected chi connectivity index (χ3v) is 4.79. The number of urea groups is 1. The van der Waals surface area contributed by atoms with Gasteiger partial charge in [-0.1, -0.05) is 56.3 Å². The zero-order valence-corrected chi connectivity index (χ0v) is 16.9. The second-order valence-corrected chi connectivity index (χ2v) is 7.89. The molecule has 5 nitrogen and oxygen atoms in total. The number of nitrogens with one attached hydrogen (secondary N) is 2. The molecule has 1 heterocycles. The number of nitrogens with zero attached hydrogens (tertiary/aromatic N) is 1. The van der Waals surface area contributed by atoms with Crippen LogP contribution in [0.5, 0.6) is 5.75 Å². The second-order valence-electron chi connectivity index (χ2n) is 7.89. The molecule has 0 radical (unpaired) electrons. The minimum Gasteiger partial charge on any atom is -0.493 e. The standard InChI is InChI=1S/C23H31N3O2/c1-18(2)17-28-22-10-6-9-20(13-22)14-24-23(27)25-21-11-12-26(16-21)15-19-7-4-3-5-8-19/h3-10,13,18,21H,11-12,14-17H2,1-2H3,(H2,24,25,27). The number of rotatable bonds is 8. The summed E-state index contributed by atoms with van der Waals surface area (Å²) in [6.07, 6.45) is 0.985. The average Bonchev–Trinajstić information content (AvgIpc) is 3.12. The lowest BCUT2D eigenvalue weighted by molar-refractivity contribution is 0.235. The number of likely N-dealkylation sites (tertiary alicyclic amines) is 1. The Balaban J connectivity index is 1.39. The molecule has 2 amide bonds. The number of benzene rings is 2. The van der Waals surface area contributed by atoms with Crippen LogP contribution < -0.4 is 15.4 Å². The first-order chi connectivity index (χ1) is 13.6. The van der Waals surface area contributed by atoms with E-state index in [4.69, 9.17) is 4.74 Å². The first-order valence-electron chi connectivity index (χ1n) is 10.1. The highest BCUT2D eigenvalue weighted by molar-refractivity contribution is 5.74. The van der Waals surface area contributed by atoms with Gasteiger partial charge in [0.1, 0.15) is 5.75 Å². The highest BCUT2D eigenvalue weighted by Crippen LogP contribution is 2.15. The Kier molecular flexibility index (Phi) is 7.31. The molecule has 1 unspecified atom stereocenters. The summed E-state index contributed by atoms with van der Waals surface area (Å²) in [5.74, 6) is 1.33. The van der Waals surface area contributed by atoms with Crippen molar-refractivity contribution in [2.24, 2.45) is 5.92 Å². The molecule has 1 fully saturated rings. The lowest BCUT2D eigenvalue weighted by atomic mass is 10.2. The minimum atomic E-state index is -0.111. The van der Waals surface area contributed by atoms with Crippen molar-refractivity contribution in [1.82, 2.24) is 15.5 Å². The highest BCUT2D eigenvalue weighted by atomic mass is 16.5. The van der Waals surface area contributed by atoms with Crippen LogP contribution in [0.1, 0.15) is 31.4 Å². The van der Waals surface area contributed by atoms with E-state index in [2.05, 4.69) is 53.6 Å². The van der Waals surface area contributed by atoms with Crippen molar-refractivity contribution >= 4 is 6.03 Å². The zero-order valence-electron chi connectivity index (χ0n) is 16.9. The van der Waals surface area contributed by atoms with E-state index in [0.29, 0.717) is 19.1 Å². The Morgan fingerprint density at radius 2 is 1.93 bits per heavy atom. The molecule has 0 spiro atoms. The van der Waals surface area contributed by atoms with E-state index in [9.17, 15) is 4.79 Å². The van der Waals surface area contributed by atoms with E-state index in [-0.39, 0.29) is 12.1 Å². The fourth-order valence-corrected chi connectivity index (χ4v) is 3.36. The summed E-state index contributed by atoms with van der Waals surface area (Å²) in [5.41, 5.74) is 2.35. The summed E-state index contributed by atoms with van der Waals surface area (Å²) < 4.78 is 5.75. The smallest absolute Gasteiger partial charge is 0.315 e. The second kappa shape index (κ2) is 10.1. The molecule has 1 aliphatic rings. The summed E-state index contributed by atoms with van der Waals surface area (Å²) in [6.45, 7) is 8.27. The topological polar surface area (TPSA) is 53.6 Å². The molecule has 28 heavy (non-hydrogen) atoms. The monoisotopic (exact) mass is 381 g/mol. The first-order valence-corrected chi connectivity index (χ1v) is 10.1. The van der Waals surface area contributed by atoms with Crippen LogP contribution >= 0.6 is 0 Å². The van der Waals surface area contributed by atoms with Gasteiger partial charge >= 0.3 is 6.03 Å². The van der Waals surface area contributed by atoms with E-state index >= 15 is 0 Å². The lowest BCUT2D eigenvalue weighted by Crippen LogP contribution is -2.43. The van der Waals surface area contributed by atoms with Crippen LogP contribution in [0, 0.1) is 5.92 Å². The van der Waals surface area contributed by atoms with Gasteiger partial charge in [0, 0.05) is 32.2 Å². The van der Waals surface area contributed by atoms with Gasteiger partial charge in [-0.25, -0.2) is 4.79 Å². The maximum Gasteiger partial charge on any atom is 0.315 e. The molecule has 0 aromatic heterocycles. The Morgan fingerprint density at radius 1 is 1.14 bits per heavy atom. The predicted molar refractivity (Wildman–Crippen MR) is 112 cm³/mol. The summed E-state index contributed by atoms with van der Waals surface area (Å²) in [5, 5.41) is 6.05. The molecule has 2 N–H and O–H groups in total. The van der Waals surface area contributed by atoms with E-state index in [1.165, 1.54) is 5.56 Å². The van der Waals surface area contributed by atoms with Crippen LogP contribution in [0.15, 0.2) is 54.6 Å². The van der Waals surface area contributed by atoms with Gasteiger partial charge < -0.3 is 15.4 Å². The number of hydrogen-bond donors (Lipinski definition) is 2. The Labute approximate surface area is 168 Å². The van der Waals surface area contributed by atoms with Gasteiger partial charge in [-0.15, -0.1) is 0 Å². The van der Waals surface area contributed by atoms with Crippen LogP contribution in [0.2, 0.25) is 0 Å². The molecule has 0 bridgehead atoms. The summed E-state index contributed by atoms with van der Waals surface area (Å²) >= 11 is 0. The predicted octanol–water partition coefficient (Wildman–Crippen LogP) is 3.80. The fourth-order valence-electron chi connectivity index (χ4n) is 3.36. The molecule has 3 rings (SSSR count). The molecular formula is C23H31N3O2. The van der Waals surface area contributed by atoms with Gasteiger partial charge in [0.05, 0.1) is 6.61 Å². The van der Waals surface area contributed by atoms with Gasteiger partial charge in [0.2, 0.25) is 0 Å². The number of hydrogen-bond acceptors (Lipinski definition) is 3. The Bertz CT molecular complexity index is 749. The first kappa shape index (κ1) is 20.2. The molecule has 1 saturated heterocycles. The SMILES string of the molecule is CC(C)COc1cccc(CNC(=O)NC2CCN(Cc3ccccc3)C2)c1. The lowest BCUT2D eigenvalue weighted by Gasteiger charge is -2.17. The van der Waals surface area contributed by atoms with Gasteiger partial charge in [-0.2, -0.15) is 0 Å². The molecule has 5 heteroatoms. The Hall–Kier alpha value is -2.53. The number of ether oxygens (including phenoxy) is 1. The molecule has 1 atom stereocenters. The zero-order chi connectivity index (χ0) is 19.8. The van der Waals surface area contributed by atoms with Gasteiger partial charge in [-0.05, 0) is 35.6 Å². The van der Waals surface area contributed by atoms with Crippen LogP contribution in [-0.2, 0) is 13.1 Å². The van der Waals surface area contributed by atoms with Gasteiger partial charge in [0.25, 0.3) is 0 Å². The third-order valence-electron chi connectivity index (χ3n) is 4.79. The van der Waals surface area contributed by atoms with E-state index < -0.39 is 0 Å². The van der Waals surface area contributed by atoms with Crippen molar-refractivity contribution in [1.29, 1.82) is 0 Å². The van der Waals surface area contributed by atoms with Crippen molar-refractivity contribution in [3.05, 3.63) is 65.7 Å². The maximum atomic E-state index is 12.3. The normalized spacial score (nSPS) is 16.9. The van der Waals surface area contributed by atoms with E-state index in [1.54, 1.807) is 0 Å². The van der Waals surface area contributed by atoms with Crippen LogP contribution in [-0.4, -0.2) is 36.7 Å². The van der Waals surface area contributed by atoms with Crippen molar-refractivity contribution < 1.29 is 9.53 Å². The van der Waals surface area contributed by atoms with Crippen LogP contribution in [0.3, 0.4) is 0 Å². The van der Waals surface area contributed by atoms with Crippen molar-refractivity contribution in [3.63, 3.8) is 0 Å². The van der Waals surface area contributed by atoms with Crippen molar-refractivity contribution in [3.8, 4) is 5.75 Å². The number of carbonyl (C=O) groups excluding carboxylic acids is 1. The maximum absolute atomic E-state index is 12.3.